The molecule has 0 radical (unpaired) electrons. The molecular formula is C16H27N5S. The normalized spacial score (nSPS) is 26.4. The highest BCUT2D eigenvalue weighted by Crippen LogP contribution is 2.31. The molecule has 22 heavy (non-hydrogen) atoms. The second kappa shape index (κ2) is 6.96. The van der Waals surface area contributed by atoms with Crippen LogP contribution in [0.25, 0.3) is 0 Å². The number of aryl methyl sites for hydroxylation is 1. The number of nitrogens with one attached hydrogen (secondary N) is 2. The summed E-state index contributed by atoms with van der Waals surface area (Å²) in [5.41, 5.74) is 2.99. The first-order chi connectivity index (χ1) is 10.7. The molecule has 3 rings (SSSR count). The van der Waals surface area contributed by atoms with Crippen LogP contribution in [0.5, 0.6) is 0 Å². The number of hydrogen-bond acceptors (Lipinski definition) is 4. The minimum absolute atomic E-state index is 0.501. The van der Waals surface area contributed by atoms with Crippen LogP contribution in [0, 0.1) is 12.8 Å². The summed E-state index contributed by atoms with van der Waals surface area (Å²) < 4.78 is 0. The molecule has 2 fully saturated rings. The maximum Gasteiger partial charge on any atom is 0.191 e. The summed E-state index contributed by atoms with van der Waals surface area (Å²) in [6.07, 6.45) is 2.77. The summed E-state index contributed by atoms with van der Waals surface area (Å²) in [7, 11) is 0. The summed E-state index contributed by atoms with van der Waals surface area (Å²) in [6, 6.07) is 1.36. The van der Waals surface area contributed by atoms with Gasteiger partial charge in [-0.15, -0.1) is 11.3 Å². The van der Waals surface area contributed by atoms with E-state index in [1.807, 2.05) is 12.4 Å². The number of nitrogens with zero attached hydrogens (tertiary/aromatic N) is 3. The summed E-state index contributed by atoms with van der Waals surface area (Å²) >= 11 is 1.68. The van der Waals surface area contributed by atoms with E-state index in [1.54, 1.807) is 11.3 Å². The van der Waals surface area contributed by atoms with Crippen LogP contribution in [0.1, 0.15) is 37.3 Å². The smallest absolute Gasteiger partial charge is 0.191 e. The Morgan fingerprint density at radius 3 is 2.91 bits per heavy atom. The van der Waals surface area contributed by atoms with Gasteiger partial charge in [0.15, 0.2) is 5.96 Å². The molecule has 1 saturated heterocycles. The van der Waals surface area contributed by atoms with Crippen LogP contribution in [0.2, 0.25) is 0 Å². The number of hydrogen-bond donors (Lipinski definition) is 2. The van der Waals surface area contributed by atoms with Crippen molar-refractivity contribution in [1.82, 2.24) is 20.5 Å². The molecule has 1 saturated carbocycles. The first kappa shape index (κ1) is 15.7. The van der Waals surface area contributed by atoms with Crippen molar-refractivity contribution >= 4 is 17.3 Å². The van der Waals surface area contributed by atoms with Crippen molar-refractivity contribution in [2.75, 3.05) is 19.6 Å². The Bertz CT molecular complexity index is 522. The van der Waals surface area contributed by atoms with Gasteiger partial charge >= 0.3 is 0 Å². The van der Waals surface area contributed by atoms with E-state index in [1.165, 1.54) is 24.3 Å². The number of rotatable bonds is 5. The third-order valence-electron chi connectivity index (χ3n) is 4.60. The molecular weight excluding hydrogens is 294 g/mol. The quantitative estimate of drug-likeness (QED) is 0.643. The summed E-state index contributed by atoms with van der Waals surface area (Å²) in [5.74, 6) is 1.61. The number of aromatic nitrogens is 1. The highest BCUT2D eigenvalue weighted by molar-refractivity contribution is 7.09. The van der Waals surface area contributed by atoms with E-state index >= 15 is 0 Å². The zero-order valence-corrected chi connectivity index (χ0v) is 14.6. The Morgan fingerprint density at radius 2 is 2.27 bits per heavy atom. The molecule has 1 aromatic heterocycles. The molecule has 2 unspecified atom stereocenters. The first-order valence-corrected chi connectivity index (χ1v) is 9.23. The van der Waals surface area contributed by atoms with Crippen LogP contribution in [-0.4, -0.2) is 47.6 Å². The topological polar surface area (TPSA) is 52.6 Å². The van der Waals surface area contributed by atoms with Crippen molar-refractivity contribution in [3.8, 4) is 0 Å². The Labute approximate surface area is 137 Å². The van der Waals surface area contributed by atoms with Crippen molar-refractivity contribution in [3.05, 3.63) is 16.1 Å². The van der Waals surface area contributed by atoms with Gasteiger partial charge in [-0.1, -0.05) is 6.92 Å². The van der Waals surface area contributed by atoms with Crippen LogP contribution in [0.15, 0.2) is 10.5 Å². The van der Waals surface area contributed by atoms with Crippen molar-refractivity contribution in [3.63, 3.8) is 0 Å². The van der Waals surface area contributed by atoms with Gasteiger partial charge in [0.05, 0.1) is 17.7 Å². The second-order valence-corrected chi connectivity index (χ2v) is 7.41. The first-order valence-electron chi connectivity index (χ1n) is 8.35. The Balaban J connectivity index is 1.59. The van der Waals surface area contributed by atoms with Gasteiger partial charge in [-0.25, -0.2) is 9.98 Å². The zero-order chi connectivity index (χ0) is 15.5. The lowest BCUT2D eigenvalue weighted by Crippen LogP contribution is -2.46. The van der Waals surface area contributed by atoms with E-state index in [4.69, 9.17) is 4.99 Å². The van der Waals surface area contributed by atoms with Crippen LogP contribution in [-0.2, 0) is 6.54 Å². The maximum absolute atomic E-state index is 4.75. The van der Waals surface area contributed by atoms with Gasteiger partial charge in [-0.2, -0.15) is 0 Å². The van der Waals surface area contributed by atoms with E-state index < -0.39 is 0 Å². The van der Waals surface area contributed by atoms with Gasteiger partial charge in [-0.05, 0) is 32.6 Å². The average Bonchev–Trinajstić information content (AvgIpc) is 3.17. The van der Waals surface area contributed by atoms with Crippen molar-refractivity contribution < 1.29 is 0 Å². The SMILES string of the molecule is CCNC(=NCc1scnc1C)NC1CN(C2CC2)CC1C. The third kappa shape index (κ3) is 3.79. The predicted molar refractivity (Wildman–Crippen MR) is 92.3 cm³/mol. The lowest BCUT2D eigenvalue weighted by molar-refractivity contribution is 0.315. The molecule has 1 aliphatic heterocycles. The fourth-order valence-corrected chi connectivity index (χ4v) is 3.75. The number of aliphatic imine (C=N–C) groups is 1. The minimum Gasteiger partial charge on any atom is -0.357 e. The van der Waals surface area contributed by atoms with Crippen LogP contribution in [0.4, 0.5) is 0 Å². The number of likely N-dealkylation sites (tertiary alicyclic amines) is 1. The van der Waals surface area contributed by atoms with Crippen LogP contribution in [0.3, 0.4) is 0 Å². The third-order valence-corrected chi connectivity index (χ3v) is 5.52. The Morgan fingerprint density at radius 1 is 1.45 bits per heavy atom. The standard InChI is InChI=1S/C16H27N5S/c1-4-17-16(18-7-15-12(3)19-10-22-15)20-14-9-21(8-11(14)2)13-5-6-13/h10-11,13-14H,4-9H2,1-3H3,(H2,17,18,20). The van der Waals surface area contributed by atoms with E-state index in [9.17, 15) is 0 Å². The van der Waals surface area contributed by atoms with Crippen LogP contribution < -0.4 is 10.6 Å². The fourth-order valence-electron chi connectivity index (χ4n) is 3.05. The van der Waals surface area contributed by atoms with Crippen LogP contribution >= 0.6 is 11.3 Å². The van der Waals surface area contributed by atoms with E-state index in [0.29, 0.717) is 18.5 Å². The van der Waals surface area contributed by atoms with Crippen molar-refractivity contribution in [1.29, 1.82) is 0 Å². The molecule has 2 heterocycles. The molecule has 2 atom stereocenters. The molecule has 6 heteroatoms. The predicted octanol–water partition coefficient (Wildman–Crippen LogP) is 1.99. The molecule has 2 N–H and O–H groups in total. The zero-order valence-electron chi connectivity index (χ0n) is 13.8. The molecule has 122 valence electrons. The van der Waals surface area contributed by atoms with Gasteiger partial charge < -0.3 is 10.6 Å². The molecule has 5 nitrogen and oxygen atoms in total. The monoisotopic (exact) mass is 321 g/mol. The van der Waals surface area contributed by atoms with Gasteiger partial charge in [-0.3, -0.25) is 4.90 Å². The molecule has 0 spiro atoms. The van der Waals surface area contributed by atoms with Gasteiger partial charge in [0.2, 0.25) is 0 Å². The highest BCUT2D eigenvalue weighted by atomic mass is 32.1. The molecule has 1 aliphatic carbocycles. The van der Waals surface area contributed by atoms with Gasteiger partial charge in [0.25, 0.3) is 0 Å². The van der Waals surface area contributed by atoms with E-state index in [-0.39, 0.29) is 0 Å². The summed E-state index contributed by atoms with van der Waals surface area (Å²) in [5, 5.41) is 7.02. The van der Waals surface area contributed by atoms with Crippen molar-refractivity contribution in [2.45, 2.75) is 52.2 Å². The van der Waals surface area contributed by atoms with Crippen molar-refractivity contribution in [2.24, 2.45) is 10.9 Å². The van der Waals surface area contributed by atoms with Gasteiger partial charge in [0.1, 0.15) is 0 Å². The largest absolute Gasteiger partial charge is 0.357 e. The molecule has 2 aliphatic rings. The van der Waals surface area contributed by atoms with E-state index in [0.717, 1.165) is 30.8 Å². The lowest BCUT2D eigenvalue weighted by atomic mass is 10.1. The average molecular weight is 321 g/mol. The second-order valence-electron chi connectivity index (χ2n) is 6.47. The molecule has 0 aromatic carbocycles. The Kier molecular flexibility index (Phi) is 4.98. The minimum atomic E-state index is 0.501. The lowest BCUT2D eigenvalue weighted by Gasteiger charge is -2.20. The maximum atomic E-state index is 4.75. The fraction of sp³-hybridized carbons (Fsp3) is 0.750. The molecule has 0 bridgehead atoms. The van der Waals surface area contributed by atoms with E-state index in [2.05, 4.69) is 34.4 Å². The Hall–Kier alpha value is -1.14. The molecule has 1 aromatic rings. The highest BCUT2D eigenvalue weighted by Gasteiger charge is 2.38. The molecule has 0 amide bonds. The summed E-state index contributed by atoms with van der Waals surface area (Å²) in [4.78, 5) is 12.9. The summed E-state index contributed by atoms with van der Waals surface area (Å²) in [6.45, 7) is 10.5. The number of guanidine groups is 1. The van der Waals surface area contributed by atoms with Gasteiger partial charge in [0, 0.05) is 36.6 Å². The number of thiazole rings is 1.